The third-order valence-corrected chi connectivity index (χ3v) is 5.16. The van der Waals surface area contributed by atoms with E-state index in [0.29, 0.717) is 0 Å². The highest BCUT2D eigenvalue weighted by atomic mass is 16.5. The maximum Gasteiger partial charge on any atom is 0.189 e. The molecule has 4 N–H and O–H groups in total. The number of hydrogen-bond donors (Lipinski definition) is 3. The van der Waals surface area contributed by atoms with Gasteiger partial charge in [0.25, 0.3) is 0 Å². The molecule has 28 heavy (non-hydrogen) atoms. The van der Waals surface area contributed by atoms with Crippen LogP contribution in [0.3, 0.4) is 0 Å². The molecule has 1 aliphatic rings. The molecule has 0 saturated carbocycles. The van der Waals surface area contributed by atoms with Gasteiger partial charge >= 0.3 is 0 Å². The Balaban J connectivity index is 1.52. The summed E-state index contributed by atoms with van der Waals surface area (Å²) in [6.45, 7) is 1.66. The highest BCUT2D eigenvalue weighted by Crippen LogP contribution is 2.24. The summed E-state index contributed by atoms with van der Waals surface area (Å²) in [5.74, 6) is 0.966. The molecule has 2 aromatic carbocycles. The minimum atomic E-state index is 0.0849. The van der Waals surface area contributed by atoms with Crippen molar-refractivity contribution in [1.29, 1.82) is 5.41 Å². The molecule has 0 amide bonds. The lowest BCUT2D eigenvalue weighted by molar-refractivity contribution is 0.163. The van der Waals surface area contributed by atoms with Crippen molar-refractivity contribution in [2.24, 2.45) is 5.73 Å². The summed E-state index contributed by atoms with van der Waals surface area (Å²) in [5, 5.41) is 8.74. The van der Waals surface area contributed by atoms with Gasteiger partial charge in [-0.3, -0.25) is 5.41 Å². The van der Waals surface area contributed by atoms with Crippen LogP contribution in [0.15, 0.2) is 72.8 Å². The third-order valence-electron chi connectivity index (χ3n) is 5.16. The Kier molecular flexibility index (Phi) is 4.89. The Morgan fingerprint density at radius 3 is 2.75 bits per heavy atom. The minimum Gasteiger partial charge on any atom is -0.482 e. The molecule has 0 unspecified atom stereocenters. The fraction of sp³-hybridized carbons (Fsp3) is 0.174. The van der Waals surface area contributed by atoms with Gasteiger partial charge in [-0.25, -0.2) is 0 Å². The largest absolute Gasteiger partial charge is 0.482 e. The van der Waals surface area contributed by atoms with Crippen molar-refractivity contribution in [1.82, 2.24) is 9.88 Å². The predicted octanol–water partition coefficient (Wildman–Crippen LogP) is 3.88. The summed E-state index contributed by atoms with van der Waals surface area (Å²) in [5.41, 5.74) is 11.2. The topological polar surface area (TPSA) is 78.1 Å². The maximum absolute atomic E-state index is 7.74. The van der Waals surface area contributed by atoms with Gasteiger partial charge in [0.1, 0.15) is 5.84 Å². The van der Waals surface area contributed by atoms with Gasteiger partial charge in [0.05, 0.1) is 7.11 Å². The zero-order valence-electron chi connectivity index (χ0n) is 15.9. The van der Waals surface area contributed by atoms with Crippen LogP contribution in [0.25, 0.3) is 16.5 Å². The van der Waals surface area contributed by atoms with Gasteiger partial charge in [-0.05, 0) is 41.3 Å². The van der Waals surface area contributed by atoms with E-state index in [2.05, 4.69) is 58.4 Å². The van der Waals surface area contributed by atoms with Gasteiger partial charge in [-0.1, -0.05) is 42.5 Å². The Labute approximate surface area is 164 Å². The van der Waals surface area contributed by atoms with Crippen molar-refractivity contribution in [3.63, 3.8) is 0 Å². The second-order valence-corrected chi connectivity index (χ2v) is 6.93. The van der Waals surface area contributed by atoms with E-state index in [0.717, 1.165) is 41.9 Å². The molecule has 5 nitrogen and oxygen atoms in total. The van der Waals surface area contributed by atoms with Crippen LogP contribution in [-0.2, 0) is 11.2 Å². The lowest BCUT2D eigenvalue weighted by Crippen LogP contribution is -2.30. The van der Waals surface area contributed by atoms with Crippen LogP contribution in [0.1, 0.15) is 16.7 Å². The molecule has 0 radical (unpaired) electrons. The van der Waals surface area contributed by atoms with Crippen LogP contribution >= 0.6 is 0 Å². The number of allylic oxidation sites excluding steroid dienone is 2. The van der Waals surface area contributed by atoms with Crippen molar-refractivity contribution in [2.45, 2.75) is 6.42 Å². The summed E-state index contributed by atoms with van der Waals surface area (Å²) >= 11 is 0. The molecule has 0 fully saturated rings. The van der Waals surface area contributed by atoms with Crippen LogP contribution in [0, 0.1) is 5.41 Å². The van der Waals surface area contributed by atoms with Crippen molar-refractivity contribution in [3.05, 3.63) is 89.5 Å². The number of nitrogens with zero attached hydrogens (tertiary/aromatic N) is 1. The predicted molar refractivity (Wildman–Crippen MR) is 114 cm³/mol. The van der Waals surface area contributed by atoms with E-state index < -0.39 is 0 Å². The number of nitrogens with two attached hydrogens (primary N) is 1. The van der Waals surface area contributed by atoms with Gasteiger partial charge in [-0.2, -0.15) is 0 Å². The second-order valence-electron chi connectivity index (χ2n) is 6.93. The molecule has 3 aromatic rings. The lowest BCUT2D eigenvalue weighted by Gasteiger charge is -2.30. The molecular formula is C23H24N4O. The van der Waals surface area contributed by atoms with Crippen LogP contribution in [0.2, 0.25) is 0 Å². The van der Waals surface area contributed by atoms with Gasteiger partial charge < -0.3 is 20.4 Å². The summed E-state index contributed by atoms with van der Waals surface area (Å²) in [7, 11) is 1.71. The standard InChI is InChI=1S/C23H24N4O/c1-28-22-10-8-18(17-5-3-2-4-6-17)15-27(22)12-11-16-7-9-21-19(13-16)20(14-26-21)23(24)25/h2-10,13-14,26H,11-12,15H2,1H3,(H3,24,25). The summed E-state index contributed by atoms with van der Waals surface area (Å²) in [6, 6.07) is 16.7. The monoisotopic (exact) mass is 372 g/mol. The SMILES string of the molecule is COC1=CC=C(c2ccccc2)CN1CCc1ccc2[nH]cc(C(=N)N)c2c1. The Hall–Kier alpha value is -3.47. The van der Waals surface area contributed by atoms with Crippen LogP contribution in [-0.4, -0.2) is 35.9 Å². The molecule has 0 saturated heterocycles. The first kappa shape index (κ1) is 17.9. The van der Waals surface area contributed by atoms with Crippen molar-refractivity contribution in [2.75, 3.05) is 20.2 Å². The zero-order chi connectivity index (χ0) is 19.5. The molecule has 142 valence electrons. The van der Waals surface area contributed by atoms with E-state index in [1.807, 2.05) is 12.1 Å². The molecule has 1 aromatic heterocycles. The van der Waals surface area contributed by atoms with E-state index >= 15 is 0 Å². The quantitative estimate of drug-likeness (QED) is 0.454. The first-order chi connectivity index (χ1) is 13.7. The van der Waals surface area contributed by atoms with E-state index in [1.165, 1.54) is 16.7 Å². The molecule has 2 heterocycles. The first-order valence-corrected chi connectivity index (χ1v) is 9.35. The second kappa shape index (κ2) is 7.64. The van der Waals surface area contributed by atoms with E-state index in [1.54, 1.807) is 13.3 Å². The normalized spacial score (nSPS) is 14.0. The zero-order valence-corrected chi connectivity index (χ0v) is 15.9. The third kappa shape index (κ3) is 3.51. The van der Waals surface area contributed by atoms with Gasteiger partial charge in [0.2, 0.25) is 0 Å². The number of H-pyrrole nitrogens is 1. The average molecular weight is 372 g/mol. The Morgan fingerprint density at radius 1 is 1.18 bits per heavy atom. The molecule has 0 atom stereocenters. The van der Waals surface area contributed by atoms with Gasteiger partial charge in [0, 0.05) is 35.8 Å². The number of aromatic amines is 1. The van der Waals surface area contributed by atoms with Gasteiger partial charge in [0.15, 0.2) is 5.88 Å². The summed E-state index contributed by atoms with van der Waals surface area (Å²) in [4.78, 5) is 5.43. The molecule has 1 aliphatic heterocycles. The fourth-order valence-corrected chi connectivity index (χ4v) is 3.65. The molecule has 0 aliphatic carbocycles. The van der Waals surface area contributed by atoms with E-state index in [9.17, 15) is 0 Å². The lowest BCUT2D eigenvalue weighted by atomic mass is 10.0. The number of ether oxygens (including phenoxy) is 1. The molecular weight excluding hydrogens is 348 g/mol. The van der Waals surface area contributed by atoms with Gasteiger partial charge in [-0.15, -0.1) is 0 Å². The van der Waals surface area contributed by atoms with E-state index in [-0.39, 0.29) is 5.84 Å². The average Bonchev–Trinajstić information content (AvgIpc) is 3.16. The number of nitrogens with one attached hydrogen (secondary N) is 2. The molecule has 5 heteroatoms. The Bertz CT molecular complexity index is 1060. The maximum atomic E-state index is 7.74. The number of hydrogen-bond acceptors (Lipinski definition) is 3. The fourth-order valence-electron chi connectivity index (χ4n) is 3.65. The van der Waals surface area contributed by atoms with Crippen LogP contribution < -0.4 is 5.73 Å². The highest BCUT2D eigenvalue weighted by Gasteiger charge is 2.17. The molecule has 0 spiro atoms. The van der Waals surface area contributed by atoms with Crippen LogP contribution in [0.5, 0.6) is 0 Å². The van der Waals surface area contributed by atoms with E-state index in [4.69, 9.17) is 15.9 Å². The number of nitrogen functional groups attached to an aromatic ring is 1. The first-order valence-electron chi connectivity index (χ1n) is 9.35. The number of rotatable bonds is 6. The number of benzene rings is 2. The summed E-state index contributed by atoms with van der Waals surface area (Å²) < 4.78 is 5.58. The van der Waals surface area contributed by atoms with Crippen molar-refractivity contribution in [3.8, 4) is 0 Å². The van der Waals surface area contributed by atoms with Crippen molar-refractivity contribution >= 4 is 22.3 Å². The highest BCUT2D eigenvalue weighted by molar-refractivity contribution is 6.07. The van der Waals surface area contributed by atoms with Crippen LogP contribution in [0.4, 0.5) is 0 Å². The molecule has 0 bridgehead atoms. The Morgan fingerprint density at radius 2 is 2.00 bits per heavy atom. The number of amidine groups is 1. The minimum absolute atomic E-state index is 0.0849. The molecule has 4 rings (SSSR count). The number of methoxy groups -OCH3 is 1. The number of aromatic nitrogens is 1. The smallest absolute Gasteiger partial charge is 0.189 e. The summed E-state index contributed by atoms with van der Waals surface area (Å²) in [6.07, 6.45) is 6.84. The number of fused-ring (bicyclic) bond motifs is 1. The van der Waals surface area contributed by atoms with Crippen molar-refractivity contribution < 1.29 is 4.74 Å².